The van der Waals surface area contributed by atoms with Crippen molar-refractivity contribution in [1.29, 1.82) is 0 Å². The lowest BCUT2D eigenvalue weighted by Crippen LogP contribution is -2.23. The molecule has 152 valence electrons. The number of halogens is 2. The molecule has 0 aliphatic rings. The minimum Gasteiger partial charge on any atom is -0.326 e. The number of hydrogen-bond donors (Lipinski definition) is 1. The zero-order valence-electron chi connectivity index (χ0n) is 16.0. The third-order valence-corrected chi connectivity index (χ3v) is 4.91. The highest BCUT2D eigenvalue weighted by atomic mass is 35.5. The molecule has 0 bridgehead atoms. The quantitative estimate of drug-likeness (QED) is 0.528. The van der Waals surface area contributed by atoms with Gasteiger partial charge in [0.05, 0.1) is 18.2 Å². The molecule has 0 fully saturated rings. The summed E-state index contributed by atoms with van der Waals surface area (Å²) >= 11 is 5.97. The predicted molar refractivity (Wildman–Crippen MR) is 113 cm³/mol. The average Bonchev–Trinajstić information content (AvgIpc) is 3.16. The van der Waals surface area contributed by atoms with Crippen LogP contribution in [-0.4, -0.2) is 25.2 Å². The maximum atomic E-state index is 13.2. The molecular formula is C21H17ClFN5O2. The van der Waals surface area contributed by atoms with Gasteiger partial charge in [-0.05, 0) is 48.9 Å². The number of nitrogens with zero attached hydrogens (tertiary/aromatic N) is 4. The highest BCUT2D eigenvalue weighted by molar-refractivity contribution is 6.31. The Morgan fingerprint density at radius 1 is 1.20 bits per heavy atom. The Morgan fingerprint density at radius 3 is 2.73 bits per heavy atom. The second-order valence-electron chi connectivity index (χ2n) is 6.77. The van der Waals surface area contributed by atoms with Crippen LogP contribution in [0.5, 0.6) is 0 Å². The third-order valence-electron chi connectivity index (χ3n) is 4.68. The summed E-state index contributed by atoms with van der Waals surface area (Å²) < 4.78 is 16.0. The van der Waals surface area contributed by atoms with Gasteiger partial charge in [-0.1, -0.05) is 17.7 Å². The van der Waals surface area contributed by atoms with E-state index in [9.17, 15) is 14.0 Å². The van der Waals surface area contributed by atoms with E-state index in [1.54, 1.807) is 24.3 Å². The summed E-state index contributed by atoms with van der Waals surface area (Å²) in [7, 11) is 0. The number of aromatic nitrogens is 4. The number of fused-ring (bicyclic) bond motifs is 1. The zero-order chi connectivity index (χ0) is 21.3. The molecule has 0 unspecified atom stereocenters. The second kappa shape index (κ2) is 8.08. The number of carbonyl (C=O) groups is 1. The summed E-state index contributed by atoms with van der Waals surface area (Å²) in [6, 6.07) is 11.0. The van der Waals surface area contributed by atoms with Crippen LogP contribution in [0.15, 0.2) is 59.8 Å². The van der Waals surface area contributed by atoms with Gasteiger partial charge in [-0.3, -0.25) is 14.2 Å². The van der Waals surface area contributed by atoms with Gasteiger partial charge in [0.15, 0.2) is 5.65 Å². The lowest BCUT2D eigenvalue weighted by Gasteiger charge is -2.10. The minimum atomic E-state index is -0.364. The van der Waals surface area contributed by atoms with Crippen LogP contribution in [0.1, 0.15) is 12.0 Å². The Balaban J connectivity index is 1.52. The number of nitrogens with one attached hydrogen (secondary N) is 1. The summed E-state index contributed by atoms with van der Waals surface area (Å²) in [5.74, 6) is -0.605. The number of hydrogen-bond acceptors (Lipinski definition) is 4. The number of amides is 1. The Kier molecular flexibility index (Phi) is 5.33. The van der Waals surface area contributed by atoms with Crippen LogP contribution in [0.25, 0.3) is 16.7 Å². The molecule has 2 heterocycles. The van der Waals surface area contributed by atoms with Crippen LogP contribution in [0, 0.1) is 12.7 Å². The van der Waals surface area contributed by atoms with Crippen molar-refractivity contribution in [2.45, 2.75) is 19.9 Å². The van der Waals surface area contributed by atoms with Crippen LogP contribution in [0.3, 0.4) is 0 Å². The van der Waals surface area contributed by atoms with Gasteiger partial charge in [-0.25, -0.2) is 14.1 Å². The molecule has 0 aliphatic heterocycles. The first-order valence-electron chi connectivity index (χ1n) is 9.17. The molecule has 30 heavy (non-hydrogen) atoms. The van der Waals surface area contributed by atoms with E-state index in [0.717, 1.165) is 5.56 Å². The van der Waals surface area contributed by atoms with Gasteiger partial charge in [0.25, 0.3) is 5.56 Å². The normalized spacial score (nSPS) is 11.0. The van der Waals surface area contributed by atoms with Crippen LogP contribution < -0.4 is 10.9 Å². The van der Waals surface area contributed by atoms with Crippen molar-refractivity contribution >= 4 is 34.2 Å². The standard InChI is InChI=1S/C21H17ClFN5O2/c1-13-2-3-14(22)10-18(13)26-19(29)8-9-27-12-24-20-17(21(27)30)11-25-28(20)16-6-4-15(23)5-7-16/h2-7,10-12H,8-9H2,1H3,(H,26,29). The number of carbonyl (C=O) groups excluding carboxylic acids is 1. The largest absolute Gasteiger partial charge is 0.326 e. The van der Waals surface area contributed by atoms with Crippen molar-refractivity contribution < 1.29 is 9.18 Å². The van der Waals surface area contributed by atoms with Gasteiger partial charge in [0, 0.05) is 23.7 Å². The molecule has 0 saturated heterocycles. The first-order chi connectivity index (χ1) is 14.4. The number of benzene rings is 2. The molecule has 2 aromatic heterocycles. The topological polar surface area (TPSA) is 81.8 Å². The van der Waals surface area contributed by atoms with Gasteiger partial charge < -0.3 is 5.32 Å². The van der Waals surface area contributed by atoms with Crippen molar-refractivity contribution in [1.82, 2.24) is 19.3 Å². The smallest absolute Gasteiger partial charge is 0.264 e. The predicted octanol–water partition coefficient (Wildman–Crippen LogP) is 3.71. The summed E-state index contributed by atoms with van der Waals surface area (Å²) in [6.45, 7) is 2.03. The molecule has 9 heteroatoms. The molecule has 0 atom stereocenters. The molecule has 2 aromatic carbocycles. The molecule has 0 saturated carbocycles. The molecule has 4 aromatic rings. The zero-order valence-corrected chi connectivity index (χ0v) is 16.7. The Labute approximate surface area is 175 Å². The van der Waals surface area contributed by atoms with E-state index < -0.39 is 0 Å². The summed E-state index contributed by atoms with van der Waals surface area (Å²) in [4.78, 5) is 29.4. The molecule has 4 rings (SSSR count). The van der Waals surface area contributed by atoms with Crippen molar-refractivity contribution in [3.05, 3.63) is 81.7 Å². The molecule has 1 N–H and O–H groups in total. The number of anilines is 1. The summed E-state index contributed by atoms with van der Waals surface area (Å²) in [6.07, 6.45) is 2.88. The van der Waals surface area contributed by atoms with E-state index in [2.05, 4.69) is 15.4 Å². The van der Waals surface area contributed by atoms with Crippen LogP contribution in [0.2, 0.25) is 5.02 Å². The average molecular weight is 426 g/mol. The second-order valence-corrected chi connectivity index (χ2v) is 7.21. The number of rotatable bonds is 5. The van der Waals surface area contributed by atoms with Crippen molar-refractivity contribution in [2.24, 2.45) is 0 Å². The van der Waals surface area contributed by atoms with E-state index in [1.165, 1.54) is 33.9 Å². The monoisotopic (exact) mass is 425 g/mol. The van der Waals surface area contributed by atoms with Crippen LogP contribution >= 0.6 is 11.6 Å². The van der Waals surface area contributed by atoms with Crippen LogP contribution in [-0.2, 0) is 11.3 Å². The fourth-order valence-electron chi connectivity index (χ4n) is 3.04. The Hall–Kier alpha value is -3.52. The SMILES string of the molecule is Cc1ccc(Cl)cc1NC(=O)CCn1cnc2c(cnn2-c2ccc(F)cc2)c1=O. The van der Waals surface area contributed by atoms with Crippen molar-refractivity contribution in [2.75, 3.05) is 5.32 Å². The van der Waals surface area contributed by atoms with Gasteiger partial charge in [0.1, 0.15) is 11.2 Å². The van der Waals surface area contributed by atoms with E-state index >= 15 is 0 Å². The molecular weight excluding hydrogens is 409 g/mol. The molecule has 0 aliphatic carbocycles. The van der Waals surface area contributed by atoms with E-state index in [4.69, 9.17) is 11.6 Å². The lowest BCUT2D eigenvalue weighted by molar-refractivity contribution is -0.116. The van der Waals surface area contributed by atoms with E-state index in [-0.39, 0.29) is 30.2 Å². The van der Waals surface area contributed by atoms with Crippen LogP contribution in [0.4, 0.5) is 10.1 Å². The maximum Gasteiger partial charge on any atom is 0.264 e. The highest BCUT2D eigenvalue weighted by Crippen LogP contribution is 2.20. The first-order valence-corrected chi connectivity index (χ1v) is 9.55. The van der Waals surface area contributed by atoms with Gasteiger partial charge in [-0.2, -0.15) is 5.10 Å². The summed E-state index contributed by atoms with van der Waals surface area (Å²) in [5.41, 5.74) is 2.17. The first kappa shape index (κ1) is 19.8. The highest BCUT2D eigenvalue weighted by Gasteiger charge is 2.13. The van der Waals surface area contributed by atoms with Gasteiger partial charge >= 0.3 is 0 Å². The van der Waals surface area contributed by atoms with Crippen molar-refractivity contribution in [3.63, 3.8) is 0 Å². The van der Waals surface area contributed by atoms with E-state index in [1.807, 2.05) is 13.0 Å². The van der Waals surface area contributed by atoms with Gasteiger partial charge in [0.2, 0.25) is 5.91 Å². The third kappa shape index (κ3) is 3.95. The number of aryl methyl sites for hydroxylation is 2. The lowest BCUT2D eigenvalue weighted by atomic mass is 10.2. The Bertz CT molecular complexity index is 1300. The fraction of sp³-hybridized carbons (Fsp3) is 0.143. The maximum absolute atomic E-state index is 13.2. The fourth-order valence-corrected chi connectivity index (χ4v) is 3.21. The molecule has 0 radical (unpaired) electrons. The molecule has 1 amide bonds. The molecule has 7 nitrogen and oxygen atoms in total. The van der Waals surface area contributed by atoms with Gasteiger partial charge in [-0.15, -0.1) is 0 Å². The van der Waals surface area contributed by atoms with Crippen molar-refractivity contribution in [3.8, 4) is 5.69 Å². The minimum absolute atomic E-state index is 0.0884. The molecule has 0 spiro atoms. The van der Waals surface area contributed by atoms with E-state index in [0.29, 0.717) is 27.4 Å². The Morgan fingerprint density at radius 2 is 1.97 bits per heavy atom. The summed E-state index contributed by atoms with van der Waals surface area (Å²) in [5, 5.41) is 7.84.